The predicted molar refractivity (Wildman–Crippen MR) is 181 cm³/mol. The molecule has 9 heteroatoms. The summed E-state index contributed by atoms with van der Waals surface area (Å²) < 4.78 is 22.5. The summed E-state index contributed by atoms with van der Waals surface area (Å²) in [6.45, 7) is 15.2. The SMILES string of the molecule is C=CC(=O)OCC1CC2CCC(COC(=O)C(CCC(=O)OCC3CC4C5CC(COC(=O)C=C)C(C5)C4C3)CN(CC)CC)CC2C1. The Kier molecular flexibility index (Phi) is 13.2. The van der Waals surface area contributed by atoms with Crippen LogP contribution < -0.4 is 0 Å². The van der Waals surface area contributed by atoms with Gasteiger partial charge in [0.2, 0.25) is 0 Å². The zero-order valence-electron chi connectivity index (χ0n) is 29.4. The lowest BCUT2D eigenvalue weighted by atomic mass is 9.76. The molecule has 0 heterocycles. The number of carbonyl (C=O) groups is 4. The normalized spacial score (nSPS) is 33.8. The first kappa shape index (κ1) is 36.6. The first-order valence-electron chi connectivity index (χ1n) is 18.8. The van der Waals surface area contributed by atoms with Gasteiger partial charge in [0.25, 0.3) is 0 Å². The maximum atomic E-state index is 13.4. The largest absolute Gasteiger partial charge is 0.465 e. The summed E-state index contributed by atoms with van der Waals surface area (Å²) in [5.74, 6) is 3.97. The van der Waals surface area contributed by atoms with Crippen LogP contribution in [-0.4, -0.2) is 74.8 Å². The molecule has 5 saturated carbocycles. The van der Waals surface area contributed by atoms with Crippen molar-refractivity contribution in [3.8, 4) is 0 Å². The van der Waals surface area contributed by atoms with Crippen LogP contribution in [0, 0.1) is 65.1 Å². The van der Waals surface area contributed by atoms with E-state index in [4.69, 9.17) is 18.9 Å². The Morgan fingerprint density at radius 3 is 2.02 bits per heavy atom. The number of rotatable bonds is 18. The van der Waals surface area contributed by atoms with E-state index in [1.807, 2.05) is 0 Å². The number of hydrogen-bond acceptors (Lipinski definition) is 9. The Labute approximate surface area is 287 Å². The van der Waals surface area contributed by atoms with Crippen LogP contribution in [0.5, 0.6) is 0 Å². The maximum Gasteiger partial charge on any atom is 0.330 e. The molecule has 5 aliphatic carbocycles. The van der Waals surface area contributed by atoms with E-state index < -0.39 is 0 Å². The highest BCUT2D eigenvalue weighted by atomic mass is 16.5. The van der Waals surface area contributed by atoms with Crippen LogP contribution in [0.3, 0.4) is 0 Å². The van der Waals surface area contributed by atoms with Crippen molar-refractivity contribution in [2.45, 2.75) is 84.5 Å². The second kappa shape index (κ2) is 17.3. The lowest BCUT2D eigenvalue weighted by molar-refractivity contribution is -0.152. The van der Waals surface area contributed by atoms with Crippen LogP contribution in [0.15, 0.2) is 25.3 Å². The monoisotopic (exact) mass is 669 g/mol. The van der Waals surface area contributed by atoms with E-state index in [1.165, 1.54) is 18.6 Å². The van der Waals surface area contributed by atoms with Crippen molar-refractivity contribution in [2.24, 2.45) is 65.1 Å². The molecular formula is C39H59NO8. The second-order valence-electron chi connectivity index (χ2n) is 15.6. The average Bonchev–Trinajstić information content (AvgIpc) is 3.88. The summed E-state index contributed by atoms with van der Waals surface area (Å²) in [5, 5.41) is 0. The van der Waals surface area contributed by atoms with Crippen LogP contribution in [0.2, 0.25) is 0 Å². The van der Waals surface area contributed by atoms with Gasteiger partial charge in [-0.3, -0.25) is 9.59 Å². The molecule has 0 saturated heterocycles. The van der Waals surface area contributed by atoms with Crippen LogP contribution in [0.25, 0.3) is 0 Å². The predicted octanol–water partition coefficient (Wildman–Crippen LogP) is 6.01. The molecule has 2 bridgehead atoms. The fourth-order valence-electron chi connectivity index (χ4n) is 10.4. The Balaban J connectivity index is 1.03. The van der Waals surface area contributed by atoms with Gasteiger partial charge in [-0.2, -0.15) is 0 Å². The number of nitrogens with zero attached hydrogens (tertiary/aromatic N) is 1. The van der Waals surface area contributed by atoms with Gasteiger partial charge in [-0.05, 0) is 136 Å². The van der Waals surface area contributed by atoms with Crippen LogP contribution >= 0.6 is 0 Å². The standard InChI is InChI=1S/C39H59NO8/c1-5-36(41)45-22-26-14-28-10-9-25(13-30(28)15-26)21-48-39(44)29(20-40(7-3)8-4)11-12-38(43)46-23-27-16-33-31-18-32(24-47-37(42)6-2)34(19-31)35(33)17-27/h5-6,25-35H,1-2,7-24H2,3-4H3. The number of carbonyl (C=O) groups excluding carboxylic acids is 4. The molecule has 0 radical (unpaired) electrons. The van der Waals surface area contributed by atoms with E-state index in [9.17, 15) is 19.2 Å². The molecule has 0 aliphatic heterocycles. The minimum Gasteiger partial charge on any atom is -0.465 e. The Hall–Kier alpha value is -2.68. The molecule has 0 aromatic carbocycles. The highest BCUT2D eigenvalue weighted by Crippen LogP contribution is 2.62. The van der Waals surface area contributed by atoms with Crippen molar-refractivity contribution in [2.75, 3.05) is 46.1 Å². The number of ether oxygens (including phenoxy) is 4. The van der Waals surface area contributed by atoms with Crippen molar-refractivity contribution in [3.63, 3.8) is 0 Å². The summed E-state index contributed by atoms with van der Waals surface area (Å²) in [5.41, 5.74) is 0. The first-order chi connectivity index (χ1) is 23.2. The van der Waals surface area contributed by atoms with E-state index in [0.29, 0.717) is 98.6 Å². The van der Waals surface area contributed by atoms with Gasteiger partial charge in [0.1, 0.15) is 0 Å². The molecular weight excluding hydrogens is 610 g/mol. The molecule has 0 N–H and O–H groups in total. The lowest BCUT2D eigenvalue weighted by Gasteiger charge is -2.32. The Morgan fingerprint density at radius 2 is 1.29 bits per heavy atom. The zero-order chi connectivity index (χ0) is 34.2. The Bertz CT molecular complexity index is 1150. The molecule has 0 aromatic heterocycles. The lowest BCUT2D eigenvalue weighted by Crippen LogP contribution is -2.35. The highest BCUT2D eigenvalue weighted by molar-refractivity contribution is 5.81. The molecule has 0 spiro atoms. The van der Waals surface area contributed by atoms with Crippen molar-refractivity contribution < 1.29 is 38.1 Å². The third-order valence-corrected chi connectivity index (χ3v) is 12.8. The van der Waals surface area contributed by atoms with Crippen LogP contribution in [0.1, 0.15) is 84.5 Å². The minimum absolute atomic E-state index is 0.204. The molecule has 48 heavy (non-hydrogen) atoms. The molecule has 0 amide bonds. The summed E-state index contributed by atoms with van der Waals surface area (Å²) in [7, 11) is 0. The molecule has 268 valence electrons. The van der Waals surface area contributed by atoms with Crippen molar-refractivity contribution in [1.82, 2.24) is 4.90 Å². The van der Waals surface area contributed by atoms with E-state index in [0.717, 1.165) is 64.5 Å². The molecule has 11 atom stereocenters. The third kappa shape index (κ3) is 9.30. The summed E-state index contributed by atoms with van der Waals surface area (Å²) in [6, 6.07) is 0. The van der Waals surface area contributed by atoms with Crippen molar-refractivity contribution in [1.29, 1.82) is 0 Å². The summed E-state index contributed by atoms with van der Waals surface area (Å²) in [4.78, 5) is 51.6. The van der Waals surface area contributed by atoms with Crippen LogP contribution in [-0.2, 0) is 38.1 Å². The van der Waals surface area contributed by atoms with Gasteiger partial charge >= 0.3 is 23.9 Å². The van der Waals surface area contributed by atoms with Gasteiger partial charge in [-0.15, -0.1) is 0 Å². The molecule has 9 nitrogen and oxygen atoms in total. The minimum atomic E-state index is -0.363. The number of fused-ring (bicyclic) bond motifs is 6. The topological polar surface area (TPSA) is 108 Å². The quantitative estimate of drug-likeness (QED) is 0.0985. The maximum absolute atomic E-state index is 13.4. The fraction of sp³-hybridized carbons (Fsp3) is 0.795. The average molecular weight is 670 g/mol. The summed E-state index contributed by atoms with van der Waals surface area (Å²) >= 11 is 0. The molecule has 0 aromatic rings. The molecule has 5 rings (SSSR count). The van der Waals surface area contributed by atoms with E-state index in [2.05, 4.69) is 31.9 Å². The molecule has 5 aliphatic rings. The van der Waals surface area contributed by atoms with Gasteiger partial charge in [-0.25, -0.2) is 9.59 Å². The second-order valence-corrected chi connectivity index (χ2v) is 15.6. The first-order valence-corrected chi connectivity index (χ1v) is 18.8. The molecule has 5 fully saturated rings. The third-order valence-electron chi connectivity index (χ3n) is 12.8. The summed E-state index contributed by atoms with van der Waals surface area (Å²) in [6.07, 6.45) is 13.0. The van der Waals surface area contributed by atoms with Crippen molar-refractivity contribution in [3.05, 3.63) is 25.3 Å². The Morgan fingerprint density at radius 1 is 0.667 bits per heavy atom. The smallest absolute Gasteiger partial charge is 0.330 e. The van der Waals surface area contributed by atoms with Gasteiger partial charge in [-0.1, -0.05) is 27.0 Å². The fourth-order valence-corrected chi connectivity index (χ4v) is 10.4. The van der Waals surface area contributed by atoms with E-state index in [-0.39, 0.29) is 36.2 Å². The highest BCUT2D eigenvalue weighted by Gasteiger charge is 2.56. The molecule has 11 unspecified atom stereocenters. The number of esters is 4. The zero-order valence-corrected chi connectivity index (χ0v) is 29.4. The number of hydrogen-bond donors (Lipinski definition) is 0. The van der Waals surface area contributed by atoms with Crippen LogP contribution in [0.4, 0.5) is 0 Å². The van der Waals surface area contributed by atoms with E-state index >= 15 is 0 Å². The van der Waals surface area contributed by atoms with Gasteiger partial charge < -0.3 is 23.8 Å². The van der Waals surface area contributed by atoms with Gasteiger partial charge in [0.05, 0.1) is 32.3 Å². The van der Waals surface area contributed by atoms with E-state index in [1.54, 1.807) is 0 Å². The van der Waals surface area contributed by atoms with Gasteiger partial charge in [0, 0.05) is 25.1 Å². The van der Waals surface area contributed by atoms with Gasteiger partial charge in [0.15, 0.2) is 0 Å². The van der Waals surface area contributed by atoms with Crippen molar-refractivity contribution >= 4 is 23.9 Å².